The fourth-order valence-electron chi connectivity index (χ4n) is 3.09. The molecule has 0 aliphatic rings. The number of hydrogen-bond acceptors (Lipinski definition) is 2. The van der Waals surface area contributed by atoms with Crippen molar-refractivity contribution in [2.24, 2.45) is 0 Å². The predicted octanol–water partition coefficient (Wildman–Crippen LogP) is 6.07. The molecule has 2 heteroatoms. The molecule has 0 saturated carbocycles. The number of anilines is 2. The molecule has 0 heterocycles. The van der Waals surface area contributed by atoms with E-state index in [1.54, 1.807) is 7.11 Å². The summed E-state index contributed by atoms with van der Waals surface area (Å²) in [6.07, 6.45) is 0. The molecule has 0 radical (unpaired) electrons. The van der Waals surface area contributed by atoms with Gasteiger partial charge in [-0.05, 0) is 47.9 Å². The van der Waals surface area contributed by atoms with Gasteiger partial charge in [0.1, 0.15) is 5.75 Å². The summed E-state index contributed by atoms with van der Waals surface area (Å²) >= 11 is 0. The lowest BCUT2D eigenvalue weighted by Crippen LogP contribution is -2.19. The summed E-state index contributed by atoms with van der Waals surface area (Å²) in [5, 5.41) is 3.50. The van der Waals surface area contributed by atoms with Crippen LogP contribution < -0.4 is 10.1 Å². The Morgan fingerprint density at radius 2 is 1.56 bits per heavy atom. The molecule has 2 nitrogen and oxygen atoms in total. The van der Waals surface area contributed by atoms with Crippen LogP contribution in [0, 0.1) is 6.92 Å². The van der Waals surface area contributed by atoms with Crippen molar-refractivity contribution in [3.05, 3.63) is 89.5 Å². The highest BCUT2D eigenvalue weighted by Gasteiger charge is 2.24. The molecule has 0 bridgehead atoms. The summed E-state index contributed by atoms with van der Waals surface area (Å²) in [4.78, 5) is 0. The second kappa shape index (κ2) is 7.02. The van der Waals surface area contributed by atoms with E-state index in [9.17, 15) is 0 Å². The number of benzene rings is 3. The maximum absolute atomic E-state index is 5.56. The first-order chi connectivity index (χ1) is 12.0. The van der Waals surface area contributed by atoms with E-state index < -0.39 is 0 Å². The van der Waals surface area contributed by atoms with E-state index in [-0.39, 0.29) is 5.41 Å². The zero-order valence-electron chi connectivity index (χ0n) is 15.3. The third-order valence-corrected chi connectivity index (χ3v) is 4.71. The minimum absolute atomic E-state index is 0.0867. The Kier molecular flexibility index (Phi) is 4.80. The van der Waals surface area contributed by atoms with Crippen LogP contribution in [-0.4, -0.2) is 7.11 Å². The number of hydrogen-bond donors (Lipinski definition) is 1. The van der Waals surface area contributed by atoms with Gasteiger partial charge in [-0.2, -0.15) is 0 Å². The molecular weight excluding hydrogens is 306 g/mol. The number of rotatable bonds is 5. The summed E-state index contributed by atoms with van der Waals surface area (Å²) in [7, 11) is 1.71. The van der Waals surface area contributed by atoms with Crippen molar-refractivity contribution in [1.29, 1.82) is 0 Å². The molecule has 0 unspecified atom stereocenters. The molecule has 3 rings (SSSR count). The topological polar surface area (TPSA) is 21.3 Å². The molecule has 0 spiro atoms. The van der Waals surface area contributed by atoms with E-state index in [0.717, 1.165) is 17.1 Å². The highest BCUT2D eigenvalue weighted by molar-refractivity contribution is 5.68. The van der Waals surface area contributed by atoms with Crippen molar-refractivity contribution in [2.45, 2.75) is 26.2 Å². The molecule has 25 heavy (non-hydrogen) atoms. The van der Waals surface area contributed by atoms with Gasteiger partial charge in [0.25, 0.3) is 0 Å². The second-order valence-electron chi connectivity index (χ2n) is 6.90. The molecular formula is C23H25NO. The summed E-state index contributed by atoms with van der Waals surface area (Å²) in [5.74, 6) is 0.842. The van der Waals surface area contributed by atoms with Gasteiger partial charge in [-0.1, -0.05) is 62.4 Å². The Morgan fingerprint density at radius 3 is 2.24 bits per heavy atom. The molecule has 1 N–H and O–H groups in total. The van der Waals surface area contributed by atoms with Crippen molar-refractivity contribution in [3.63, 3.8) is 0 Å². The van der Waals surface area contributed by atoms with Gasteiger partial charge in [0.2, 0.25) is 0 Å². The van der Waals surface area contributed by atoms with Crippen molar-refractivity contribution < 1.29 is 4.74 Å². The van der Waals surface area contributed by atoms with Gasteiger partial charge in [-0.3, -0.25) is 0 Å². The van der Waals surface area contributed by atoms with Gasteiger partial charge < -0.3 is 10.1 Å². The monoisotopic (exact) mass is 331 g/mol. The van der Waals surface area contributed by atoms with Gasteiger partial charge in [-0.25, -0.2) is 0 Å². The van der Waals surface area contributed by atoms with Gasteiger partial charge in [-0.15, -0.1) is 0 Å². The normalized spacial score (nSPS) is 11.2. The lowest BCUT2D eigenvalue weighted by atomic mass is 9.78. The molecule has 0 atom stereocenters. The Morgan fingerprint density at radius 1 is 0.800 bits per heavy atom. The first kappa shape index (κ1) is 17.1. The summed E-state index contributed by atoms with van der Waals surface area (Å²) in [5.41, 5.74) is 5.72. The summed E-state index contributed by atoms with van der Waals surface area (Å²) in [6.45, 7) is 6.60. The molecule has 0 aromatic heterocycles. The van der Waals surface area contributed by atoms with E-state index >= 15 is 0 Å². The first-order valence-electron chi connectivity index (χ1n) is 8.58. The highest BCUT2D eigenvalue weighted by atomic mass is 16.5. The van der Waals surface area contributed by atoms with E-state index in [2.05, 4.69) is 92.8 Å². The van der Waals surface area contributed by atoms with Crippen LogP contribution in [0.25, 0.3) is 0 Å². The molecule has 0 aliphatic heterocycles. The fraction of sp³-hybridized carbons (Fsp3) is 0.217. The van der Waals surface area contributed by atoms with Crippen LogP contribution in [0.3, 0.4) is 0 Å². The number of methoxy groups -OCH3 is 1. The van der Waals surface area contributed by atoms with Crippen LogP contribution in [0.2, 0.25) is 0 Å². The van der Waals surface area contributed by atoms with Gasteiger partial charge in [0.05, 0.1) is 12.8 Å². The Hall–Kier alpha value is -2.74. The molecule has 3 aromatic carbocycles. The van der Waals surface area contributed by atoms with Crippen LogP contribution in [0.1, 0.15) is 30.5 Å². The van der Waals surface area contributed by atoms with Crippen LogP contribution in [0.4, 0.5) is 11.4 Å². The van der Waals surface area contributed by atoms with Crippen LogP contribution in [0.15, 0.2) is 72.8 Å². The Balaban J connectivity index is 2.00. The molecule has 0 aliphatic carbocycles. The Bertz CT molecular complexity index is 853. The largest absolute Gasteiger partial charge is 0.495 e. The number of nitrogens with one attached hydrogen (secondary N) is 1. The maximum atomic E-state index is 5.56. The highest BCUT2D eigenvalue weighted by Crippen LogP contribution is 2.37. The zero-order valence-corrected chi connectivity index (χ0v) is 15.3. The first-order valence-corrected chi connectivity index (χ1v) is 8.58. The SMILES string of the molecule is COc1ccc(C(C)(C)c2ccccc2)cc1Nc1cccc(C)c1. The third-order valence-electron chi connectivity index (χ3n) is 4.71. The lowest BCUT2D eigenvalue weighted by Gasteiger charge is -2.27. The average Bonchev–Trinajstić information content (AvgIpc) is 2.62. The molecule has 128 valence electrons. The van der Waals surface area contributed by atoms with Crippen LogP contribution in [0.5, 0.6) is 5.75 Å². The molecule has 0 fully saturated rings. The van der Waals surface area contributed by atoms with Crippen molar-refractivity contribution in [3.8, 4) is 5.75 Å². The third kappa shape index (κ3) is 3.69. The molecule has 0 saturated heterocycles. The molecule has 0 amide bonds. The summed E-state index contributed by atoms with van der Waals surface area (Å²) in [6, 6.07) is 25.3. The predicted molar refractivity (Wildman–Crippen MR) is 106 cm³/mol. The van der Waals surface area contributed by atoms with Gasteiger partial charge >= 0.3 is 0 Å². The van der Waals surface area contributed by atoms with Crippen molar-refractivity contribution >= 4 is 11.4 Å². The van der Waals surface area contributed by atoms with E-state index in [1.165, 1.54) is 16.7 Å². The minimum atomic E-state index is -0.0867. The van der Waals surface area contributed by atoms with Crippen molar-refractivity contribution in [1.82, 2.24) is 0 Å². The smallest absolute Gasteiger partial charge is 0.142 e. The van der Waals surface area contributed by atoms with E-state index in [0.29, 0.717) is 0 Å². The van der Waals surface area contributed by atoms with Crippen molar-refractivity contribution in [2.75, 3.05) is 12.4 Å². The van der Waals surface area contributed by atoms with E-state index in [1.807, 2.05) is 6.07 Å². The van der Waals surface area contributed by atoms with Gasteiger partial charge in [0, 0.05) is 11.1 Å². The van der Waals surface area contributed by atoms with Crippen LogP contribution in [-0.2, 0) is 5.41 Å². The zero-order chi connectivity index (χ0) is 17.9. The van der Waals surface area contributed by atoms with Gasteiger partial charge in [0.15, 0.2) is 0 Å². The average molecular weight is 331 g/mol. The molecule has 3 aromatic rings. The second-order valence-corrected chi connectivity index (χ2v) is 6.90. The fourth-order valence-corrected chi connectivity index (χ4v) is 3.09. The number of ether oxygens (including phenoxy) is 1. The summed E-state index contributed by atoms with van der Waals surface area (Å²) < 4.78 is 5.56. The van der Waals surface area contributed by atoms with E-state index in [4.69, 9.17) is 4.74 Å². The van der Waals surface area contributed by atoms with Crippen LogP contribution >= 0.6 is 0 Å². The quantitative estimate of drug-likeness (QED) is 0.612. The maximum Gasteiger partial charge on any atom is 0.142 e. The minimum Gasteiger partial charge on any atom is -0.495 e. The lowest BCUT2D eigenvalue weighted by molar-refractivity contribution is 0.416. The standard InChI is InChI=1S/C23H25NO/c1-17-9-8-12-20(15-17)24-21-16-19(13-14-22(21)25-4)23(2,3)18-10-6-5-7-11-18/h5-16,24H,1-4H3. The Labute approximate surface area is 150 Å². The number of aryl methyl sites for hydroxylation is 1.